The molecule has 1 aliphatic carbocycles. The lowest BCUT2D eigenvalue weighted by Gasteiger charge is -2.36. The summed E-state index contributed by atoms with van der Waals surface area (Å²) in [5.74, 6) is 0.105. The van der Waals surface area contributed by atoms with Crippen molar-refractivity contribution in [3.05, 3.63) is 87.8 Å². The molecule has 0 bridgehead atoms. The molecular weight excluding hydrogens is 390 g/mol. The number of aryl methyl sites for hydroxylation is 1. The molecule has 1 heterocycles. The largest absolute Gasteiger partial charge is 0.497 e. The van der Waals surface area contributed by atoms with Gasteiger partial charge in [-0.25, -0.2) is 4.79 Å². The lowest BCUT2D eigenvalue weighted by Crippen LogP contribution is -2.36. The summed E-state index contributed by atoms with van der Waals surface area (Å²) in [6, 6.07) is 15.9. The van der Waals surface area contributed by atoms with Crippen molar-refractivity contribution in [1.82, 2.24) is 5.32 Å². The molecule has 1 aliphatic heterocycles. The van der Waals surface area contributed by atoms with Gasteiger partial charge in [0, 0.05) is 29.3 Å². The molecule has 0 spiro atoms. The molecule has 0 aromatic heterocycles. The highest BCUT2D eigenvalue weighted by Gasteiger charge is 2.41. The second kappa shape index (κ2) is 8.42. The van der Waals surface area contributed by atoms with Crippen LogP contribution in [0.2, 0.25) is 0 Å². The van der Waals surface area contributed by atoms with Crippen molar-refractivity contribution < 1.29 is 19.1 Å². The Labute approximate surface area is 182 Å². The van der Waals surface area contributed by atoms with Gasteiger partial charge in [-0.1, -0.05) is 42.0 Å². The van der Waals surface area contributed by atoms with Crippen LogP contribution in [0.4, 0.5) is 0 Å². The number of esters is 1. The Morgan fingerprint density at radius 1 is 0.935 bits per heavy atom. The van der Waals surface area contributed by atoms with Gasteiger partial charge in [-0.05, 0) is 49.4 Å². The summed E-state index contributed by atoms with van der Waals surface area (Å²) in [5.41, 5.74) is 5.97. The monoisotopic (exact) mass is 417 g/mol. The molecule has 0 saturated heterocycles. The molecule has 5 nitrogen and oxygen atoms in total. The summed E-state index contributed by atoms with van der Waals surface area (Å²) >= 11 is 0. The Morgan fingerprint density at radius 2 is 1.58 bits per heavy atom. The Hall–Kier alpha value is -3.34. The quantitative estimate of drug-likeness (QED) is 0.740. The predicted octanol–water partition coefficient (Wildman–Crippen LogP) is 4.54. The van der Waals surface area contributed by atoms with E-state index in [1.165, 1.54) is 7.11 Å². The standard InChI is InChI=1S/C26H27NO4/c1-15-5-7-18(8-6-15)24-23(26(29)31-4)16(2)27-21-13-19(14-22(28)25(21)24)17-9-11-20(30-3)12-10-17/h5-12,19,24,27H,13-14H2,1-4H3/t19-,24+/m1/s1. The number of benzene rings is 2. The van der Waals surface area contributed by atoms with Crippen LogP contribution in [0.15, 0.2) is 71.1 Å². The van der Waals surface area contributed by atoms with Crippen molar-refractivity contribution in [3.63, 3.8) is 0 Å². The van der Waals surface area contributed by atoms with E-state index in [0.717, 1.165) is 33.8 Å². The first kappa shape index (κ1) is 20.9. The summed E-state index contributed by atoms with van der Waals surface area (Å²) in [6.45, 7) is 3.89. The third-order valence-electron chi connectivity index (χ3n) is 6.23. The van der Waals surface area contributed by atoms with Crippen molar-refractivity contribution in [3.8, 4) is 5.75 Å². The molecule has 2 aromatic rings. The molecule has 2 aromatic carbocycles. The summed E-state index contributed by atoms with van der Waals surface area (Å²) < 4.78 is 10.3. The maximum absolute atomic E-state index is 13.5. The lowest BCUT2D eigenvalue weighted by atomic mass is 9.71. The average molecular weight is 418 g/mol. The van der Waals surface area contributed by atoms with Gasteiger partial charge in [-0.3, -0.25) is 4.79 Å². The number of ether oxygens (including phenoxy) is 2. The maximum Gasteiger partial charge on any atom is 0.336 e. The number of Topliss-reactive ketones (excluding diaryl/α,β-unsaturated/α-hetero) is 1. The minimum Gasteiger partial charge on any atom is -0.497 e. The fraction of sp³-hybridized carbons (Fsp3) is 0.308. The number of carbonyl (C=O) groups excluding carboxylic acids is 2. The number of ketones is 1. The fourth-order valence-corrected chi connectivity index (χ4v) is 4.62. The van der Waals surface area contributed by atoms with Gasteiger partial charge in [0.15, 0.2) is 5.78 Å². The zero-order valence-electron chi connectivity index (χ0n) is 18.3. The molecule has 0 fully saturated rings. The van der Waals surface area contributed by atoms with E-state index in [2.05, 4.69) is 5.32 Å². The fourth-order valence-electron chi connectivity index (χ4n) is 4.62. The van der Waals surface area contributed by atoms with E-state index in [9.17, 15) is 9.59 Å². The van der Waals surface area contributed by atoms with Crippen LogP contribution in [0.1, 0.15) is 48.3 Å². The summed E-state index contributed by atoms with van der Waals surface area (Å²) in [6.07, 6.45) is 1.12. The first-order chi connectivity index (χ1) is 14.9. The summed E-state index contributed by atoms with van der Waals surface area (Å²) in [4.78, 5) is 26.1. The number of dihydropyridines is 1. The molecule has 1 N–H and O–H groups in total. The Kier molecular flexibility index (Phi) is 5.68. The molecule has 31 heavy (non-hydrogen) atoms. The van der Waals surface area contributed by atoms with Crippen molar-refractivity contribution >= 4 is 11.8 Å². The van der Waals surface area contributed by atoms with Crippen LogP contribution in [-0.4, -0.2) is 26.0 Å². The van der Waals surface area contributed by atoms with Crippen LogP contribution in [0, 0.1) is 6.92 Å². The molecular formula is C26H27NO4. The van der Waals surface area contributed by atoms with Crippen LogP contribution in [0.5, 0.6) is 5.75 Å². The predicted molar refractivity (Wildman–Crippen MR) is 119 cm³/mol. The molecule has 0 unspecified atom stereocenters. The second-order valence-electron chi connectivity index (χ2n) is 8.19. The van der Waals surface area contributed by atoms with Crippen molar-refractivity contribution in [2.45, 2.75) is 38.5 Å². The normalized spacial score (nSPS) is 20.8. The Bertz CT molecular complexity index is 1080. The number of allylic oxidation sites excluding steroid dienone is 3. The van der Waals surface area contributed by atoms with Gasteiger partial charge in [0.25, 0.3) is 0 Å². The third kappa shape index (κ3) is 3.88. The number of rotatable bonds is 4. The topological polar surface area (TPSA) is 64.6 Å². The van der Waals surface area contributed by atoms with E-state index >= 15 is 0 Å². The first-order valence-electron chi connectivity index (χ1n) is 10.5. The van der Waals surface area contributed by atoms with E-state index in [-0.39, 0.29) is 11.7 Å². The average Bonchev–Trinajstić information content (AvgIpc) is 2.78. The van der Waals surface area contributed by atoms with Crippen LogP contribution in [0.25, 0.3) is 0 Å². The van der Waals surface area contributed by atoms with Crippen LogP contribution >= 0.6 is 0 Å². The Morgan fingerprint density at radius 3 is 2.19 bits per heavy atom. The van der Waals surface area contributed by atoms with Gasteiger partial charge in [-0.2, -0.15) is 0 Å². The summed E-state index contributed by atoms with van der Waals surface area (Å²) in [7, 11) is 3.02. The molecule has 0 radical (unpaired) electrons. The highest BCUT2D eigenvalue weighted by molar-refractivity contribution is 6.04. The van der Waals surface area contributed by atoms with Gasteiger partial charge in [-0.15, -0.1) is 0 Å². The molecule has 5 heteroatoms. The Balaban J connectivity index is 1.76. The molecule has 160 valence electrons. The molecule has 2 atom stereocenters. The SMILES string of the molecule is COC(=O)C1=C(C)NC2=C(C(=O)C[C@H](c3ccc(OC)cc3)C2)[C@H]1c1ccc(C)cc1. The van der Waals surface area contributed by atoms with E-state index in [4.69, 9.17) is 9.47 Å². The van der Waals surface area contributed by atoms with Crippen LogP contribution < -0.4 is 10.1 Å². The van der Waals surface area contributed by atoms with Gasteiger partial charge >= 0.3 is 5.97 Å². The van der Waals surface area contributed by atoms with E-state index in [0.29, 0.717) is 24.0 Å². The molecule has 0 saturated carbocycles. The minimum absolute atomic E-state index is 0.0639. The van der Waals surface area contributed by atoms with Crippen molar-refractivity contribution in [2.24, 2.45) is 0 Å². The summed E-state index contributed by atoms with van der Waals surface area (Å²) in [5, 5.41) is 3.36. The highest BCUT2D eigenvalue weighted by atomic mass is 16.5. The van der Waals surface area contributed by atoms with Gasteiger partial charge in [0.2, 0.25) is 0 Å². The number of carbonyl (C=O) groups is 2. The zero-order chi connectivity index (χ0) is 22.1. The van der Waals surface area contributed by atoms with Crippen LogP contribution in [-0.2, 0) is 14.3 Å². The third-order valence-corrected chi connectivity index (χ3v) is 6.23. The maximum atomic E-state index is 13.5. The molecule has 2 aliphatic rings. The second-order valence-corrected chi connectivity index (χ2v) is 8.19. The number of hydrogen-bond acceptors (Lipinski definition) is 5. The highest BCUT2D eigenvalue weighted by Crippen LogP contribution is 2.45. The number of nitrogens with one attached hydrogen (secondary N) is 1. The molecule has 4 rings (SSSR count). The van der Waals surface area contributed by atoms with Gasteiger partial charge < -0.3 is 14.8 Å². The van der Waals surface area contributed by atoms with Crippen molar-refractivity contribution in [2.75, 3.05) is 14.2 Å². The minimum atomic E-state index is -0.423. The van der Waals surface area contributed by atoms with E-state index < -0.39 is 11.9 Å². The molecule has 0 amide bonds. The number of hydrogen-bond donors (Lipinski definition) is 1. The number of methoxy groups -OCH3 is 2. The smallest absolute Gasteiger partial charge is 0.336 e. The zero-order valence-corrected chi connectivity index (χ0v) is 18.3. The van der Waals surface area contributed by atoms with Crippen LogP contribution in [0.3, 0.4) is 0 Å². The van der Waals surface area contributed by atoms with Gasteiger partial charge in [0.05, 0.1) is 19.8 Å². The first-order valence-corrected chi connectivity index (χ1v) is 10.5. The van der Waals surface area contributed by atoms with E-state index in [1.54, 1.807) is 7.11 Å². The van der Waals surface area contributed by atoms with Gasteiger partial charge in [0.1, 0.15) is 5.75 Å². The lowest BCUT2D eigenvalue weighted by molar-refractivity contribution is -0.136. The van der Waals surface area contributed by atoms with Crippen molar-refractivity contribution in [1.29, 1.82) is 0 Å². The van der Waals surface area contributed by atoms with E-state index in [1.807, 2.05) is 62.4 Å².